The third kappa shape index (κ3) is 4.03. The van der Waals surface area contributed by atoms with Crippen LogP contribution in [0.5, 0.6) is 0 Å². The molecular formula is C12H17F2NO2S. The summed E-state index contributed by atoms with van der Waals surface area (Å²) in [6.45, 7) is 1.85. The molecule has 0 spiro atoms. The van der Waals surface area contributed by atoms with Crippen LogP contribution in [0.25, 0.3) is 0 Å². The van der Waals surface area contributed by atoms with E-state index in [1.807, 2.05) is 6.92 Å². The molecule has 1 aromatic rings. The van der Waals surface area contributed by atoms with Crippen LogP contribution in [0.15, 0.2) is 29.2 Å². The van der Waals surface area contributed by atoms with Crippen molar-refractivity contribution in [3.05, 3.63) is 30.1 Å². The fourth-order valence-corrected chi connectivity index (χ4v) is 2.58. The van der Waals surface area contributed by atoms with E-state index in [0.29, 0.717) is 6.42 Å². The second-order valence-electron chi connectivity index (χ2n) is 4.03. The number of hydrogen-bond acceptors (Lipinski definition) is 2. The van der Waals surface area contributed by atoms with Gasteiger partial charge in [0.05, 0.1) is 4.90 Å². The molecule has 0 bridgehead atoms. The largest absolute Gasteiger partial charge is 0.269 e. The molecule has 0 saturated heterocycles. The first-order valence-electron chi connectivity index (χ1n) is 5.92. The van der Waals surface area contributed by atoms with Gasteiger partial charge in [0, 0.05) is 6.54 Å². The zero-order chi connectivity index (χ0) is 13.6. The zero-order valence-corrected chi connectivity index (χ0v) is 11.1. The fourth-order valence-electron chi connectivity index (χ4n) is 1.50. The number of rotatable bonds is 7. The van der Waals surface area contributed by atoms with Gasteiger partial charge < -0.3 is 0 Å². The minimum atomic E-state index is -4.14. The average Bonchev–Trinajstić information content (AvgIpc) is 2.35. The molecule has 0 saturated carbocycles. The highest BCUT2D eigenvalue weighted by molar-refractivity contribution is 7.89. The normalized spacial score (nSPS) is 12.0. The molecule has 0 unspecified atom stereocenters. The monoisotopic (exact) mass is 277 g/mol. The summed E-state index contributed by atoms with van der Waals surface area (Å²) in [4.78, 5) is -0.234. The number of nitrogens with zero attached hydrogens (tertiary/aromatic N) is 1. The van der Waals surface area contributed by atoms with E-state index in [-0.39, 0.29) is 16.0 Å². The van der Waals surface area contributed by atoms with Crippen LogP contribution >= 0.6 is 0 Å². The van der Waals surface area contributed by atoms with Crippen LogP contribution in [0.3, 0.4) is 0 Å². The van der Waals surface area contributed by atoms with Crippen LogP contribution in [0.4, 0.5) is 8.87 Å². The molecule has 0 heterocycles. The van der Waals surface area contributed by atoms with E-state index in [9.17, 15) is 17.3 Å². The van der Waals surface area contributed by atoms with E-state index in [4.69, 9.17) is 0 Å². The van der Waals surface area contributed by atoms with Crippen LogP contribution in [0.1, 0.15) is 32.6 Å². The number of halogens is 2. The molecule has 0 aromatic heterocycles. The Labute approximate surface area is 106 Å². The Morgan fingerprint density at radius 1 is 1.11 bits per heavy atom. The smallest absolute Gasteiger partial charge is 0.207 e. The minimum Gasteiger partial charge on any atom is -0.207 e. The van der Waals surface area contributed by atoms with Crippen molar-refractivity contribution in [2.75, 3.05) is 6.54 Å². The lowest BCUT2D eigenvalue weighted by molar-refractivity contribution is 0.136. The summed E-state index contributed by atoms with van der Waals surface area (Å²) in [5.74, 6) is -0.553. The van der Waals surface area contributed by atoms with Gasteiger partial charge in [-0.3, -0.25) is 0 Å². The predicted octanol–water partition coefficient (Wildman–Crippen LogP) is 3.28. The maximum absolute atomic E-state index is 13.5. The van der Waals surface area contributed by atoms with E-state index in [1.54, 1.807) is 0 Å². The van der Waals surface area contributed by atoms with E-state index in [2.05, 4.69) is 0 Å². The van der Waals surface area contributed by atoms with Gasteiger partial charge in [-0.2, -0.15) is 0 Å². The number of benzene rings is 1. The molecule has 0 atom stereocenters. The van der Waals surface area contributed by atoms with Gasteiger partial charge in [-0.1, -0.05) is 26.2 Å². The van der Waals surface area contributed by atoms with Crippen molar-refractivity contribution in [3.63, 3.8) is 0 Å². The first kappa shape index (κ1) is 15.0. The summed E-state index contributed by atoms with van der Waals surface area (Å²) < 4.78 is 49.5. The molecular weight excluding hydrogens is 260 g/mol. The molecule has 1 rings (SSSR count). The van der Waals surface area contributed by atoms with Crippen LogP contribution in [-0.2, 0) is 10.0 Å². The SMILES string of the molecule is CCCCCCN(F)S(=O)(=O)c1ccc(F)cc1. The van der Waals surface area contributed by atoms with Gasteiger partial charge in [-0.15, -0.1) is 4.48 Å². The van der Waals surface area contributed by atoms with Crippen LogP contribution in [-0.4, -0.2) is 19.5 Å². The first-order chi connectivity index (χ1) is 8.48. The van der Waals surface area contributed by atoms with Gasteiger partial charge >= 0.3 is 0 Å². The molecule has 18 heavy (non-hydrogen) atoms. The van der Waals surface area contributed by atoms with Gasteiger partial charge in [-0.25, -0.2) is 12.8 Å². The second-order valence-corrected chi connectivity index (χ2v) is 5.85. The molecule has 0 aliphatic rings. The van der Waals surface area contributed by atoms with Gasteiger partial charge in [0.2, 0.25) is 0 Å². The molecule has 6 heteroatoms. The first-order valence-corrected chi connectivity index (χ1v) is 7.36. The maximum Gasteiger partial charge on any atom is 0.269 e. The van der Waals surface area contributed by atoms with Crippen molar-refractivity contribution in [1.82, 2.24) is 4.53 Å². The van der Waals surface area contributed by atoms with Gasteiger partial charge in [0.25, 0.3) is 10.0 Å². The standard InChI is InChI=1S/C12H17F2NO2S/c1-2-3-4-5-10-15(14)18(16,17)12-8-6-11(13)7-9-12/h6-9H,2-5,10H2,1H3. The third-order valence-corrected chi connectivity index (χ3v) is 4.13. The van der Waals surface area contributed by atoms with E-state index >= 15 is 0 Å². The van der Waals surface area contributed by atoms with Crippen LogP contribution in [0.2, 0.25) is 0 Å². The van der Waals surface area contributed by atoms with Crippen molar-refractivity contribution < 1.29 is 17.3 Å². The highest BCUT2D eigenvalue weighted by Gasteiger charge is 2.23. The van der Waals surface area contributed by atoms with Crippen molar-refractivity contribution >= 4 is 10.0 Å². The lowest BCUT2D eigenvalue weighted by Crippen LogP contribution is -2.24. The Morgan fingerprint density at radius 3 is 2.28 bits per heavy atom. The molecule has 102 valence electrons. The summed E-state index contributed by atoms with van der Waals surface area (Å²) >= 11 is 0. The van der Waals surface area contributed by atoms with Crippen LogP contribution in [0, 0.1) is 5.82 Å². The van der Waals surface area contributed by atoms with Gasteiger partial charge in [-0.05, 0) is 35.2 Å². The highest BCUT2D eigenvalue weighted by atomic mass is 32.2. The van der Waals surface area contributed by atoms with Crippen molar-refractivity contribution in [3.8, 4) is 0 Å². The maximum atomic E-state index is 13.5. The Kier molecular flexibility index (Phi) is 5.68. The van der Waals surface area contributed by atoms with Crippen LogP contribution < -0.4 is 0 Å². The van der Waals surface area contributed by atoms with Crippen molar-refractivity contribution in [1.29, 1.82) is 0 Å². The molecule has 0 amide bonds. The van der Waals surface area contributed by atoms with Crippen molar-refractivity contribution in [2.45, 2.75) is 37.5 Å². The van der Waals surface area contributed by atoms with E-state index < -0.39 is 15.8 Å². The van der Waals surface area contributed by atoms with E-state index in [1.165, 1.54) is 0 Å². The lowest BCUT2D eigenvalue weighted by Gasteiger charge is -2.12. The Bertz CT molecular complexity index is 459. The minimum absolute atomic E-state index is 0.167. The summed E-state index contributed by atoms with van der Waals surface area (Å²) in [5.41, 5.74) is 0. The topological polar surface area (TPSA) is 37.4 Å². The Morgan fingerprint density at radius 2 is 1.72 bits per heavy atom. The average molecular weight is 277 g/mol. The molecule has 0 radical (unpaired) electrons. The highest BCUT2D eigenvalue weighted by Crippen LogP contribution is 2.17. The second kappa shape index (κ2) is 6.80. The third-order valence-electron chi connectivity index (χ3n) is 2.56. The molecule has 0 aliphatic heterocycles. The number of hydrogen-bond donors (Lipinski definition) is 0. The quantitative estimate of drug-likeness (QED) is 0.566. The molecule has 3 nitrogen and oxygen atoms in total. The lowest BCUT2D eigenvalue weighted by atomic mass is 10.2. The predicted molar refractivity (Wildman–Crippen MR) is 65.5 cm³/mol. The molecule has 0 N–H and O–H groups in total. The Hall–Kier alpha value is -1.01. The fraction of sp³-hybridized carbons (Fsp3) is 0.500. The van der Waals surface area contributed by atoms with E-state index in [0.717, 1.165) is 43.5 Å². The molecule has 0 aliphatic carbocycles. The summed E-state index contributed by atoms with van der Waals surface area (Å²) in [6.07, 6.45) is 3.21. The molecule has 1 aromatic carbocycles. The zero-order valence-electron chi connectivity index (χ0n) is 10.3. The van der Waals surface area contributed by atoms with Crippen molar-refractivity contribution in [2.24, 2.45) is 0 Å². The number of unbranched alkanes of at least 4 members (excludes halogenated alkanes) is 3. The molecule has 0 fully saturated rings. The summed E-state index contributed by atoms with van der Waals surface area (Å²) in [5, 5.41) is 0. The number of sulfonamides is 1. The van der Waals surface area contributed by atoms with Gasteiger partial charge in [0.15, 0.2) is 0 Å². The van der Waals surface area contributed by atoms with Gasteiger partial charge in [0.1, 0.15) is 5.82 Å². The summed E-state index contributed by atoms with van der Waals surface area (Å²) in [6, 6.07) is 4.11. The summed E-state index contributed by atoms with van der Waals surface area (Å²) in [7, 11) is -4.14. The Balaban J connectivity index is 2.65.